The van der Waals surface area contributed by atoms with Gasteiger partial charge >= 0.3 is 0 Å². The van der Waals surface area contributed by atoms with Crippen LogP contribution >= 0.6 is 11.6 Å². The summed E-state index contributed by atoms with van der Waals surface area (Å²) < 4.78 is 0. The summed E-state index contributed by atoms with van der Waals surface area (Å²) >= 11 is 5.71. The molecule has 0 aromatic carbocycles. The molecule has 0 unspecified atom stereocenters. The van der Waals surface area contributed by atoms with Gasteiger partial charge in [0.05, 0.1) is 24.0 Å². The number of aliphatic hydroxyl groups excluding tert-OH is 1. The van der Waals surface area contributed by atoms with Crippen molar-refractivity contribution in [3.8, 4) is 0 Å². The van der Waals surface area contributed by atoms with Crippen molar-refractivity contribution in [1.29, 1.82) is 0 Å². The van der Waals surface area contributed by atoms with Crippen molar-refractivity contribution in [1.82, 2.24) is 15.0 Å². The molecule has 0 saturated carbocycles. The minimum absolute atomic E-state index is 0.000966. The maximum absolute atomic E-state index is 8.87. The van der Waals surface area contributed by atoms with E-state index in [1.807, 2.05) is 12.1 Å². The van der Waals surface area contributed by atoms with Crippen LogP contribution in [0.15, 0.2) is 30.7 Å². The fourth-order valence-corrected chi connectivity index (χ4v) is 1.68. The Morgan fingerprint density at radius 3 is 2.55 bits per heavy atom. The molecule has 0 aliphatic heterocycles. The number of aromatic nitrogens is 3. The lowest BCUT2D eigenvalue weighted by Gasteiger charge is -2.08. The number of pyridine rings is 1. The van der Waals surface area contributed by atoms with E-state index in [1.165, 1.54) is 12.4 Å². The topological polar surface area (TPSA) is 97.0 Å². The summed E-state index contributed by atoms with van der Waals surface area (Å²) in [6.45, 7) is 0.000966. The van der Waals surface area contributed by atoms with Gasteiger partial charge in [0.1, 0.15) is 5.82 Å². The lowest BCUT2D eigenvalue weighted by atomic mass is 10.1. The van der Waals surface area contributed by atoms with E-state index in [-0.39, 0.29) is 12.6 Å². The maximum Gasteiger partial charge on any atom is 0.228 e. The average molecular weight is 294 g/mol. The Labute approximate surface area is 122 Å². The van der Waals surface area contributed by atoms with Crippen LogP contribution in [0.1, 0.15) is 12.0 Å². The lowest BCUT2D eigenvalue weighted by molar-refractivity contribution is 0.260. The quantitative estimate of drug-likeness (QED) is 0.747. The Bertz CT molecular complexity index is 531. The molecule has 0 aliphatic carbocycles. The zero-order valence-corrected chi connectivity index (χ0v) is 11.6. The molecule has 7 heteroatoms. The van der Waals surface area contributed by atoms with Crippen LogP contribution in [0.3, 0.4) is 0 Å². The number of anilines is 2. The van der Waals surface area contributed by atoms with Gasteiger partial charge in [-0.25, -0.2) is 15.0 Å². The average Bonchev–Trinajstić information content (AvgIpc) is 2.48. The van der Waals surface area contributed by atoms with Crippen LogP contribution in [-0.2, 0) is 6.42 Å². The fourth-order valence-electron chi connectivity index (χ4n) is 1.58. The van der Waals surface area contributed by atoms with Gasteiger partial charge in [-0.3, -0.25) is 0 Å². The molecule has 0 saturated heterocycles. The van der Waals surface area contributed by atoms with E-state index in [9.17, 15) is 0 Å². The van der Waals surface area contributed by atoms with E-state index >= 15 is 0 Å². The van der Waals surface area contributed by atoms with Crippen molar-refractivity contribution in [3.63, 3.8) is 0 Å². The number of nitrogens with zero attached hydrogens (tertiary/aromatic N) is 3. The first-order chi connectivity index (χ1) is 9.67. The van der Waals surface area contributed by atoms with Crippen molar-refractivity contribution >= 4 is 23.4 Å². The Morgan fingerprint density at radius 1 is 1.20 bits per heavy atom. The highest BCUT2D eigenvalue weighted by molar-refractivity contribution is 6.30. The Morgan fingerprint density at radius 2 is 1.95 bits per heavy atom. The van der Waals surface area contributed by atoms with Crippen molar-refractivity contribution in [2.24, 2.45) is 5.73 Å². The molecule has 0 aliphatic rings. The predicted molar refractivity (Wildman–Crippen MR) is 77.9 cm³/mol. The molecule has 2 heterocycles. The highest BCUT2D eigenvalue weighted by atomic mass is 35.5. The zero-order valence-electron chi connectivity index (χ0n) is 10.8. The number of nitrogens with one attached hydrogen (secondary N) is 1. The van der Waals surface area contributed by atoms with Gasteiger partial charge in [-0.15, -0.1) is 0 Å². The summed E-state index contributed by atoms with van der Waals surface area (Å²) in [7, 11) is 0. The molecule has 4 N–H and O–H groups in total. The molecule has 20 heavy (non-hydrogen) atoms. The third kappa shape index (κ3) is 4.41. The molecule has 0 bridgehead atoms. The molecule has 0 spiro atoms. The highest BCUT2D eigenvalue weighted by Crippen LogP contribution is 2.12. The van der Waals surface area contributed by atoms with Crippen LogP contribution in [0.4, 0.5) is 11.8 Å². The normalized spacial score (nSPS) is 12.2. The molecule has 2 aromatic heterocycles. The van der Waals surface area contributed by atoms with Crippen LogP contribution in [0, 0.1) is 0 Å². The van der Waals surface area contributed by atoms with Crippen molar-refractivity contribution in [2.45, 2.75) is 18.9 Å². The summed E-state index contributed by atoms with van der Waals surface area (Å²) in [5.41, 5.74) is 6.72. The summed E-state index contributed by atoms with van der Waals surface area (Å²) in [6, 6.07) is 3.61. The first kappa shape index (κ1) is 14.6. The van der Waals surface area contributed by atoms with Crippen LogP contribution < -0.4 is 11.1 Å². The van der Waals surface area contributed by atoms with Crippen LogP contribution in [0.25, 0.3) is 0 Å². The Balaban J connectivity index is 1.92. The monoisotopic (exact) mass is 293 g/mol. The largest absolute Gasteiger partial charge is 0.395 e. The number of rotatable bonds is 6. The van der Waals surface area contributed by atoms with Gasteiger partial charge in [-0.1, -0.05) is 17.7 Å². The number of nitrogens with two attached hydrogens (primary N) is 1. The van der Waals surface area contributed by atoms with E-state index in [4.69, 9.17) is 22.4 Å². The van der Waals surface area contributed by atoms with E-state index < -0.39 is 0 Å². The number of hydrogen-bond donors (Lipinski definition) is 3. The number of halogens is 1. The predicted octanol–water partition coefficient (Wildman–Crippen LogP) is 1.52. The van der Waals surface area contributed by atoms with E-state index in [0.29, 0.717) is 16.8 Å². The molecule has 0 radical (unpaired) electrons. The third-order valence-electron chi connectivity index (χ3n) is 2.72. The first-order valence-corrected chi connectivity index (χ1v) is 6.61. The van der Waals surface area contributed by atoms with Gasteiger partial charge in [0, 0.05) is 12.2 Å². The van der Waals surface area contributed by atoms with Crippen LogP contribution in [-0.4, -0.2) is 32.7 Å². The molecule has 106 valence electrons. The smallest absolute Gasteiger partial charge is 0.228 e. The molecule has 2 aromatic rings. The lowest BCUT2D eigenvalue weighted by Crippen LogP contribution is -2.24. The van der Waals surface area contributed by atoms with Crippen LogP contribution in [0.2, 0.25) is 5.02 Å². The molecule has 1 atom stereocenters. The standard InChI is InChI=1S/C13H16ClN5O/c14-10-6-17-13(18-7-10)19-12-4-2-9(5-16-12)1-3-11(15)8-20/h2,4-7,11,20H,1,3,8,15H2,(H,16,17,18,19)/t11-/m0/s1. The second kappa shape index (κ2) is 7.14. The fraction of sp³-hybridized carbons (Fsp3) is 0.308. The zero-order chi connectivity index (χ0) is 14.4. The number of hydrogen-bond acceptors (Lipinski definition) is 6. The SMILES string of the molecule is N[C@H](CO)CCc1ccc(Nc2ncc(Cl)cn2)nc1. The van der Waals surface area contributed by atoms with E-state index in [0.717, 1.165) is 18.4 Å². The van der Waals surface area contributed by atoms with Gasteiger partial charge in [0.2, 0.25) is 5.95 Å². The summed E-state index contributed by atoms with van der Waals surface area (Å²) in [5.74, 6) is 1.10. The molecule has 6 nitrogen and oxygen atoms in total. The number of aliphatic hydroxyl groups is 1. The van der Waals surface area contributed by atoms with Crippen molar-refractivity contribution < 1.29 is 5.11 Å². The molecule has 2 rings (SSSR count). The molecular formula is C13H16ClN5O. The van der Waals surface area contributed by atoms with Crippen LogP contribution in [0.5, 0.6) is 0 Å². The van der Waals surface area contributed by atoms with Gasteiger partial charge in [-0.2, -0.15) is 0 Å². The van der Waals surface area contributed by atoms with Gasteiger partial charge in [0.25, 0.3) is 0 Å². The summed E-state index contributed by atoms with van der Waals surface area (Å²) in [4.78, 5) is 12.3. The van der Waals surface area contributed by atoms with Gasteiger partial charge in [0.15, 0.2) is 0 Å². The van der Waals surface area contributed by atoms with Crippen molar-refractivity contribution in [3.05, 3.63) is 41.3 Å². The number of aryl methyl sites for hydroxylation is 1. The van der Waals surface area contributed by atoms with E-state index in [2.05, 4.69) is 20.3 Å². The van der Waals surface area contributed by atoms with Crippen molar-refractivity contribution in [2.75, 3.05) is 11.9 Å². The van der Waals surface area contributed by atoms with Gasteiger partial charge in [-0.05, 0) is 24.5 Å². The highest BCUT2D eigenvalue weighted by Gasteiger charge is 2.03. The third-order valence-corrected chi connectivity index (χ3v) is 2.92. The maximum atomic E-state index is 8.87. The minimum Gasteiger partial charge on any atom is -0.395 e. The molecule has 0 amide bonds. The first-order valence-electron chi connectivity index (χ1n) is 6.23. The Kier molecular flexibility index (Phi) is 5.23. The summed E-state index contributed by atoms with van der Waals surface area (Å²) in [5, 5.41) is 12.3. The molecule has 0 fully saturated rings. The van der Waals surface area contributed by atoms with E-state index in [1.54, 1.807) is 6.20 Å². The summed E-state index contributed by atoms with van der Waals surface area (Å²) in [6.07, 6.45) is 6.31. The molecular weight excluding hydrogens is 278 g/mol. The second-order valence-corrected chi connectivity index (χ2v) is 4.82. The van der Waals surface area contributed by atoms with Gasteiger partial charge < -0.3 is 16.2 Å². The second-order valence-electron chi connectivity index (χ2n) is 4.38. The minimum atomic E-state index is -0.185. The Hall–Kier alpha value is -1.76.